The second kappa shape index (κ2) is 6.42. The molecule has 0 radical (unpaired) electrons. The van der Waals surface area contributed by atoms with E-state index in [1.165, 1.54) is 12.1 Å². The lowest BCUT2D eigenvalue weighted by Crippen LogP contribution is -2.32. The van der Waals surface area contributed by atoms with Crippen molar-refractivity contribution in [2.45, 2.75) is 13.3 Å². The first-order chi connectivity index (χ1) is 8.08. The van der Waals surface area contributed by atoms with E-state index in [2.05, 4.69) is 4.98 Å². The molecule has 0 aliphatic carbocycles. The summed E-state index contributed by atoms with van der Waals surface area (Å²) < 4.78 is 0. The zero-order valence-electron chi connectivity index (χ0n) is 9.69. The van der Waals surface area contributed by atoms with Crippen LogP contribution in [-0.4, -0.2) is 40.6 Å². The zero-order valence-corrected chi connectivity index (χ0v) is 10.4. The molecule has 1 rings (SSSR count). The molecule has 1 heterocycles. The Labute approximate surface area is 105 Å². The lowest BCUT2D eigenvalue weighted by Gasteiger charge is -2.20. The highest BCUT2D eigenvalue weighted by atomic mass is 35.5. The van der Waals surface area contributed by atoms with Crippen molar-refractivity contribution in [3.63, 3.8) is 0 Å². The minimum Gasteiger partial charge on any atom is -0.396 e. The SMILES string of the molecule is CCN(CCCO)C(=O)c1cc(N)nc(Cl)c1. The number of aliphatic hydroxyl groups is 1. The summed E-state index contributed by atoms with van der Waals surface area (Å²) >= 11 is 5.74. The molecule has 0 aliphatic heterocycles. The molecule has 0 aromatic carbocycles. The largest absolute Gasteiger partial charge is 0.396 e. The zero-order chi connectivity index (χ0) is 12.8. The Balaban J connectivity index is 2.85. The van der Waals surface area contributed by atoms with Crippen molar-refractivity contribution in [1.29, 1.82) is 0 Å². The van der Waals surface area contributed by atoms with E-state index in [0.717, 1.165) is 0 Å². The van der Waals surface area contributed by atoms with Gasteiger partial charge < -0.3 is 15.7 Å². The van der Waals surface area contributed by atoms with E-state index in [1.54, 1.807) is 4.90 Å². The Morgan fingerprint density at radius 3 is 2.82 bits per heavy atom. The predicted molar refractivity (Wildman–Crippen MR) is 66.9 cm³/mol. The first-order valence-corrected chi connectivity index (χ1v) is 5.79. The summed E-state index contributed by atoms with van der Waals surface area (Å²) in [6.07, 6.45) is 0.549. The maximum Gasteiger partial charge on any atom is 0.254 e. The van der Waals surface area contributed by atoms with Gasteiger partial charge in [0.2, 0.25) is 0 Å². The Morgan fingerprint density at radius 2 is 2.29 bits per heavy atom. The first kappa shape index (κ1) is 13.7. The number of nitrogens with zero attached hydrogens (tertiary/aromatic N) is 2. The van der Waals surface area contributed by atoms with Crippen LogP contribution in [0.25, 0.3) is 0 Å². The number of hydrogen-bond donors (Lipinski definition) is 2. The van der Waals surface area contributed by atoms with Crippen molar-refractivity contribution >= 4 is 23.3 Å². The Kier molecular flexibility index (Phi) is 5.18. The highest BCUT2D eigenvalue weighted by Gasteiger charge is 2.15. The number of halogens is 1. The number of nitrogen functional groups attached to an aromatic ring is 1. The average molecular weight is 258 g/mol. The fraction of sp³-hybridized carbons (Fsp3) is 0.455. The topological polar surface area (TPSA) is 79.5 Å². The molecule has 0 spiro atoms. The lowest BCUT2D eigenvalue weighted by atomic mass is 10.2. The molecular formula is C11H16ClN3O2. The van der Waals surface area contributed by atoms with Crippen molar-refractivity contribution in [2.24, 2.45) is 0 Å². The van der Waals surface area contributed by atoms with Gasteiger partial charge in [-0.25, -0.2) is 4.98 Å². The second-order valence-electron chi connectivity index (χ2n) is 3.57. The summed E-state index contributed by atoms with van der Waals surface area (Å²) in [5, 5.41) is 8.96. The van der Waals surface area contributed by atoms with Crippen LogP contribution in [0, 0.1) is 0 Å². The number of nitrogens with two attached hydrogens (primary N) is 1. The maximum atomic E-state index is 12.1. The van der Waals surface area contributed by atoms with Gasteiger partial charge in [-0.15, -0.1) is 0 Å². The van der Waals surface area contributed by atoms with Crippen LogP contribution in [0.4, 0.5) is 5.82 Å². The van der Waals surface area contributed by atoms with E-state index in [4.69, 9.17) is 22.4 Å². The van der Waals surface area contributed by atoms with E-state index in [0.29, 0.717) is 25.1 Å². The summed E-state index contributed by atoms with van der Waals surface area (Å²) in [5.74, 6) is 0.0658. The van der Waals surface area contributed by atoms with Crippen LogP contribution in [0.3, 0.4) is 0 Å². The van der Waals surface area contributed by atoms with Gasteiger partial charge >= 0.3 is 0 Å². The normalized spacial score (nSPS) is 10.3. The van der Waals surface area contributed by atoms with Gasteiger partial charge in [0.25, 0.3) is 5.91 Å². The van der Waals surface area contributed by atoms with Gasteiger partial charge in [0.05, 0.1) is 0 Å². The van der Waals surface area contributed by atoms with E-state index in [9.17, 15) is 4.79 Å². The van der Waals surface area contributed by atoms with Crippen LogP contribution in [0.2, 0.25) is 5.15 Å². The molecule has 94 valence electrons. The fourth-order valence-electron chi connectivity index (χ4n) is 1.49. The Bertz CT molecular complexity index is 378. The third-order valence-electron chi connectivity index (χ3n) is 2.32. The first-order valence-electron chi connectivity index (χ1n) is 5.41. The minimum absolute atomic E-state index is 0.0586. The number of anilines is 1. The van der Waals surface area contributed by atoms with Crippen molar-refractivity contribution < 1.29 is 9.90 Å². The van der Waals surface area contributed by atoms with Crippen molar-refractivity contribution in [1.82, 2.24) is 9.88 Å². The number of aromatic nitrogens is 1. The van der Waals surface area contributed by atoms with Gasteiger partial charge in [-0.2, -0.15) is 0 Å². The van der Waals surface area contributed by atoms with Crippen molar-refractivity contribution in [3.8, 4) is 0 Å². The summed E-state index contributed by atoms with van der Waals surface area (Å²) in [6.45, 7) is 3.01. The number of pyridine rings is 1. The number of rotatable bonds is 5. The van der Waals surface area contributed by atoms with E-state index < -0.39 is 0 Å². The smallest absolute Gasteiger partial charge is 0.254 e. The van der Waals surface area contributed by atoms with Crippen LogP contribution < -0.4 is 5.73 Å². The number of amides is 1. The molecule has 3 N–H and O–H groups in total. The molecular weight excluding hydrogens is 242 g/mol. The number of hydrogen-bond acceptors (Lipinski definition) is 4. The van der Waals surface area contributed by atoms with Crippen molar-refractivity contribution in [2.75, 3.05) is 25.4 Å². The Morgan fingerprint density at radius 1 is 1.59 bits per heavy atom. The number of carbonyl (C=O) groups is 1. The molecule has 5 nitrogen and oxygen atoms in total. The molecule has 1 aromatic rings. The van der Waals surface area contributed by atoms with Gasteiger partial charge in [-0.1, -0.05) is 11.6 Å². The lowest BCUT2D eigenvalue weighted by molar-refractivity contribution is 0.0754. The molecule has 0 bridgehead atoms. The quantitative estimate of drug-likeness (QED) is 0.776. The second-order valence-corrected chi connectivity index (χ2v) is 3.95. The van der Waals surface area contributed by atoms with Gasteiger partial charge in [-0.3, -0.25) is 4.79 Å². The highest BCUT2D eigenvalue weighted by Crippen LogP contribution is 2.14. The molecule has 0 fully saturated rings. The molecule has 0 aliphatic rings. The molecule has 0 atom stereocenters. The number of carbonyl (C=O) groups excluding carboxylic acids is 1. The fourth-order valence-corrected chi connectivity index (χ4v) is 1.70. The van der Waals surface area contributed by atoms with E-state index in [-0.39, 0.29) is 23.5 Å². The molecule has 0 saturated carbocycles. The van der Waals surface area contributed by atoms with Crippen LogP contribution >= 0.6 is 11.6 Å². The van der Waals surface area contributed by atoms with Crippen LogP contribution in [0.1, 0.15) is 23.7 Å². The summed E-state index contributed by atoms with van der Waals surface area (Å²) in [7, 11) is 0. The van der Waals surface area contributed by atoms with E-state index in [1.807, 2.05) is 6.92 Å². The molecule has 0 saturated heterocycles. The molecule has 0 unspecified atom stereocenters. The van der Waals surface area contributed by atoms with Crippen LogP contribution in [0.15, 0.2) is 12.1 Å². The predicted octanol–water partition coefficient (Wildman–Crippen LogP) is 1.16. The Hall–Kier alpha value is -1.33. The molecule has 1 amide bonds. The van der Waals surface area contributed by atoms with Crippen LogP contribution in [-0.2, 0) is 0 Å². The third kappa shape index (κ3) is 3.87. The van der Waals surface area contributed by atoms with E-state index >= 15 is 0 Å². The van der Waals surface area contributed by atoms with Gasteiger partial charge in [-0.05, 0) is 25.5 Å². The monoisotopic (exact) mass is 257 g/mol. The molecule has 1 aromatic heterocycles. The summed E-state index contributed by atoms with van der Waals surface area (Å²) in [6, 6.07) is 2.98. The minimum atomic E-state index is -0.156. The van der Waals surface area contributed by atoms with Gasteiger partial charge in [0.15, 0.2) is 0 Å². The van der Waals surface area contributed by atoms with Gasteiger partial charge in [0.1, 0.15) is 11.0 Å². The van der Waals surface area contributed by atoms with Crippen LogP contribution in [0.5, 0.6) is 0 Å². The standard InChI is InChI=1S/C11H16ClN3O2/c1-2-15(4-3-5-16)11(17)8-6-9(12)14-10(13)7-8/h6-7,16H,2-5H2,1H3,(H2,13,14). The summed E-state index contributed by atoms with van der Waals surface area (Å²) in [5.41, 5.74) is 5.95. The maximum absolute atomic E-state index is 12.1. The third-order valence-corrected chi connectivity index (χ3v) is 2.51. The summed E-state index contributed by atoms with van der Waals surface area (Å²) in [4.78, 5) is 17.5. The molecule has 17 heavy (non-hydrogen) atoms. The van der Waals surface area contributed by atoms with Gasteiger partial charge in [0, 0.05) is 25.3 Å². The number of aliphatic hydroxyl groups excluding tert-OH is 1. The van der Waals surface area contributed by atoms with Crippen molar-refractivity contribution in [3.05, 3.63) is 22.8 Å². The highest BCUT2D eigenvalue weighted by molar-refractivity contribution is 6.29. The average Bonchev–Trinajstić information content (AvgIpc) is 2.28. The molecule has 6 heteroatoms.